The number of carbonyl (C=O) groups excluding carboxylic acids is 1. The third kappa shape index (κ3) is 7.60. The van der Waals surface area contributed by atoms with E-state index in [1.54, 1.807) is 7.05 Å². The van der Waals surface area contributed by atoms with E-state index in [1.165, 1.54) is 6.92 Å². The number of amides is 1. The van der Waals surface area contributed by atoms with Gasteiger partial charge < -0.3 is 71.9 Å². The van der Waals surface area contributed by atoms with Gasteiger partial charge in [-0.15, -0.1) is 0 Å². The molecule has 2 aliphatic carbocycles. The zero-order valence-corrected chi connectivity index (χ0v) is 24.3. The summed E-state index contributed by atoms with van der Waals surface area (Å²) in [7, 11) is 1.59. The van der Waals surface area contributed by atoms with Crippen LogP contribution in [0.2, 0.25) is 0 Å². The molecule has 2 heterocycles. The summed E-state index contributed by atoms with van der Waals surface area (Å²) in [4.78, 5) is 13.0. The number of hydrogen-bond acceptors (Lipinski definition) is 14. The Bertz CT molecular complexity index is 924. The van der Waals surface area contributed by atoms with Crippen molar-refractivity contribution in [2.75, 3.05) is 33.4 Å². The molecule has 242 valence electrons. The van der Waals surface area contributed by atoms with Crippen molar-refractivity contribution >= 4 is 5.91 Å². The number of ether oxygens (including phenoxy) is 4. The number of hydrogen-bond donors (Lipinski definition) is 10. The van der Waals surface area contributed by atoms with E-state index in [-0.39, 0.29) is 25.6 Å². The molecule has 0 aromatic carbocycles. The number of aliphatic hydroxyl groups excluding tert-OH is 4. The molecule has 0 radical (unpaired) electrons. The van der Waals surface area contributed by atoms with Crippen LogP contribution in [0.1, 0.15) is 39.0 Å². The third-order valence-corrected chi connectivity index (χ3v) is 8.76. The Balaban J connectivity index is 1.50. The highest BCUT2D eigenvalue weighted by atomic mass is 16.7. The highest BCUT2D eigenvalue weighted by Gasteiger charge is 2.52. The van der Waals surface area contributed by atoms with E-state index >= 15 is 0 Å². The first-order valence-corrected chi connectivity index (χ1v) is 14.8. The van der Waals surface area contributed by atoms with Gasteiger partial charge in [-0.05, 0) is 51.6 Å². The summed E-state index contributed by atoms with van der Waals surface area (Å²) in [6, 6.07) is -3.00. The first-order chi connectivity index (χ1) is 20.0. The number of nitrogens with one attached hydrogen (secondary N) is 3. The maximum atomic E-state index is 13.0. The minimum Gasteiger partial charge on any atom is -0.467 e. The molecule has 3 fully saturated rings. The molecule has 0 aromatic rings. The minimum atomic E-state index is -1.43. The molecule has 15 nitrogen and oxygen atoms in total. The van der Waals surface area contributed by atoms with Crippen LogP contribution in [0.5, 0.6) is 0 Å². The standard InChI is InChI=1S/C27H49N5O10/c1-27(38)12-39-26(20(36)23(27)30-2)42-22-17(32-24(37)18(34)13-4-3-5-13)10-16(29)21(19(22)35)41-25-15(28)7-6-14(40-25)11-31-8-9-33/h6,13,15-23,25-26,30-31,33-36,38H,3-5,7-12,28-29H2,1-2H3,(H,32,37)/t15-,16+,17-,18?,19+,20-,21-,22+,23-,25-,26-,27+/m1/s1. The fourth-order valence-corrected chi connectivity index (χ4v) is 6.05. The molecule has 0 bridgehead atoms. The molecule has 42 heavy (non-hydrogen) atoms. The van der Waals surface area contributed by atoms with Crippen LogP contribution in [0.4, 0.5) is 0 Å². The quantitative estimate of drug-likeness (QED) is 0.0959. The highest BCUT2D eigenvalue weighted by Crippen LogP contribution is 2.33. The van der Waals surface area contributed by atoms with E-state index in [0.717, 1.165) is 19.3 Å². The monoisotopic (exact) mass is 603 g/mol. The maximum absolute atomic E-state index is 13.0. The van der Waals surface area contributed by atoms with Gasteiger partial charge in [-0.25, -0.2) is 0 Å². The zero-order chi connectivity index (χ0) is 30.6. The van der Waals surface area contributed by atoms with Crippen molar-refractivity contribution < 1.29 is 49.3 Å². The number of nitrogens with two attached hydrogens (primary N) is 2. The SMILES string of the molecule is CN[C@@H]1[C@@H](O)[C@@H](O[C@@H]2[C@@H](O)[C@H](O[C@H]3OC(CNCCO)=CC[C@H]3N)[C@@H](N)C[C@H]2NC(=O)C(O)C2CCC2)OC[C@]1(C)O. The second-order valence-electron chi connectivity index (χ2n) is 12.1. The minimum absolute atomic E-state index is 0.0291. The molecule has 1 saturated heterocycles. The Kier molecular flexibility index (Phi) is 11.6. The summed E-state index contributed by atoms with van der Waals surface area (Å²) in [5.74, 6) is -0.161. The van der Waals surface area contributed by atoms with E-state index in [1.807, 2.05) is 6.08 Å². The van der Waals surface area contributed by atoms with Crippen molar-refractivity contribution in [3.63, 3.8) is 0 Å². The van der Waals surface area contributed by atoms with Crippen LogP contribution in [-0.2, 0) is 23.7 Å². The van der Waals surface area contributed by atoms with Crippen molar-refractivity contribution in [2.24, 2.45) is 17.4 Å². The molecule has 2 saturated carbocycles. The molecule has 15 heteroatoms. The van der Waals surface area contributed by atoms with Gasteiger partial charge in [-0.2, -0.15) is 0 Å². The molecule has 0 spiro atoms. The van der Waals surface area contributed by atoms with E-state index in [2.05, 4.69) is 16.0 Å². The number of likely N-dealkylation sites (N-methyl/N-ethyl adjacent to an activating group) is 1. The van der Waals surface area contributed by atoms with Crippen molar-refractivity contribution in [2.45, 2.75) is 112 Å². The lowest BCUT2D eigenvalue weighted by Gasteiger charge is -2.49. The van der Waals surface area contributed by atoms with Gasteiger partial charge >= 0.3 is 0 Å². The van der Waals surface area contributed by atoms with Crippen LogP contribution in [0.3, 0.4) is 0 Å². The van der Waals surface area contributed by atoms with Crippen LogP contribution in [0.25, 0.3) is 0 Å². The Morgan fingerprint density at radius 3 is 2.52 bits per heavy atom. The highest BCUT2D eigenvalue weighted by molar-refractivity contribution is 5.81. The largest absolute Gasteiger partial charge is 0.467 e. The van der Waals surface area contributed by atoms with E-state index in [9.17, 15) is 25.2 Å². The molecule has 1 amide bonds. The smallest absolute Gasteiger partial charge is 0.249 e. The van der Waals surface area contributed by atoms with Gasteiger partial charge in [0.2, 0.25) is 12.2 Å². The van der Waals surface area contributed by atoms with Gasteiger partial charge in [-0.3, -0.25) is 4.79 Å². The molecular formula is C27H49N5O10. The second kappa shape index (κ2) is 14.5. The lowest BCUT2D eigenvalue weighted by molar-refractivity contribution is -0.304. The van der Waals surface area contributed by atoms with Crippen molar-refractivity contribution in [1.82, 2.24) is 16.0 Å². The first-order valence-electron chi connectivity index (χ1n) is 14.8. The molecule has 4 aliphatic rings. The predicted molar refractivity (Wildman–Crippen MR) is 148 cm³/mol. The summed E-state index contributed by atoms with van der Waals surface area (Å²) < 4.78 is 23.9. The Hall–Kier alpha value is -1.47. The summed E-state index contributed by atoms with van der Waals surface area (Å²) in [6.07, 6.45) is -3.57. The number of aliphatic hydroxyl groups is 5. The van der Waals surface area contributed by atoms with Gasteiger partial charge in [0, 0.05) is 12.6 Å². The summed E-state index contributed by atoms with van der Waals surface area (Å²) in [5, 5.41) is 61.5. The van der Waals surface area contributed by atoms with Gasteiger partial charge in [0.15, 0.2) is 6.29 Å². The third-order valence-electron chi connectivity index (χ3n) is 8.76. The van der Waals surface area contributed by atoms with E-state index in [0.29, 0.717) is 25.3 Å². The predicted octanol–water partition coefficient (Wildman–Crippen LogP) is -3.91. The Morgan fingerprint density at radius 2 is 1.88 bits per heavy atom. The summed E-state index contributed by atoms with van der Waals surface area (Å²) >= 11 is 0. The van der Waals surface area contributed by atoms with E-state index in [4.69, 9.17) is 35.5 Å². The first kappa shape index (κ1) is 33.4. The molecule has 1 unspecified atom stereocenters. The lowest BCUT2D eigenvalue weighted by atomic mass is 9.80. The summed E-state index contributed by atoms with van der Waals surface area (Å²) in [6.45, 7) is 2.06. The molecular weight excluding hydrogens is 554 g/mol. The van der Waals surface area contributed by atoms with Gasteiger partial charge in [0.25, 0.3) is 0 Å². The molecule has 4 rings (SSSR count). The van der Waals surface area contributed by atoms with Crippen molar-refractivity contribution in [1.29, 1.82) is 0 Å². The zero-order valence-electron chi connectivity index (χ0n) is 24.3. The molecule has 12 N–H and O–H groups in total. The second-order valence-corrected chi connectivity index (χ2v) is 12.1. The van der Waals surface area contributed by atoms with Crippen LogP contribution >= 0.6 is 0 Å². The average Bonchev–Trinajstić information content (AvgIpc) is 2.90. The van der Waals surface area contributed by atoms with Crippen LogP contribution in [0.15, 0.2) is 11.8 Å². The van der Waals surface area contributed by atoms with Crippen molar-refractivity contribution in [3.05, 3.63) is 11.8 Å². The van der Waals surface area contributed by atoms with Crippen LogP contribution < -0.4 is 27.4 Å². The fourth-order valence-electron chi connectivity index (χ4n) is 6.05. The topological polar surface area (TPSA) is 243 Å². The van der Waals surface area contributed by atoms with Crippen LogP contribution in [-0.4, -0.2) is 138 Å². The van der Waals surface area contributed by atoms with Crippen molar-refractivity contribution in [3.8, 4) is 0 Å². The lowest BCUT2D eigenvalue weighted by Crippen LogP contribution is -2.69. The Morgan fingerprint density at radius 1 is 1.17 bits per heavy atom. The van der Waals surface area contributed by atoms with Gasteiger partial charge in [0.1, 0.15) is 41.9 Å². The van der Waals surface area contributed by atoms with E-state index < -0.39 is 78.8 Å². The van der Waals surface area contributed by atoms with Crippen LogP contribution in [0, 0.1) is 5.92 Å². The fraction of sp³-hybridized carbons (Fsp3) is 0.889. The number of rotatable bonds is 12. The summed E-state index contributed by atoms with van der Waals surface area (Å²) in [5.41, 5.74) is 11.3. The number of carbonyl (C=O) groups is 1. The molecule has 12 atom stereocenters. The normalized spacial score (nSPS) is 41.8. The molecule has 0 aromatic heterocycles. The maximum Gasteiger partial charge on any atom is 0.249 e. The Labute approximate surface area is 245 Å². The van der Waals surface area contributed by atoms with Gasteiger partial charge in [-0.1, -0.05) is 6.42 Å². The molecule has 2 aliphatic heterocycles. The average molecular weight is 604 g/mol. The van der Waals surface area contributed by atoms with Gasteiger partial charge in [0.05, 0.1) is 37.9 Å².